The van der Waals surface area contributed by atoms with Crippen LogP contribution in [0.2, 0.25) is 5.02 Å². The topological polar surface area (TPSA) is 102 Å². The summed E-state index contributed by atoms with van der Waals surface area (Å²) >= 11 is 9.26. The molecule has 0 fully saturated rings. The lowest BCUT2D eigenvalue weighted by Gasteiger charge is -2.08. The number of benzene rings is 1. The van der Waals surface area contributed by atoms with E-state index in [0.29, 0.717) is 11.6 Å². The van der Waals surface area contributed by atoms with Gasteiger partial charge in [0.05, 0.1) is 17.4 Å². The first-order chi connectivity index (χ1) is 10.9. The number of hydrogen-bond donors (Lipinski definition) is 2. The summed E-state index contributed by atoms with van der Waals surface area (Å²) in [6.07, 6.45) is 6.46. The van der Waals surface area contributed by atoms with E-state index >= 15 is 0 Å². The Hall–Kier alpha value is -2.06. The molecule has 7 nitrogen and oxygen atoms in total. The maximum atomic E-state index is 9.10. The minimum Gasteiger partial charge on any atom is -0.492 e. The molecule has 2 rings (SSSR count). The Kier molecular flexibility index (Phi) is 8.14. The van der Waals surface area contributed by atoms with E-state index < -0.39 is 11.9 Å². The molecule has 1 aromatic heterocycles. The van der Waals surface area contributed by atoms with Crippen LogP contribution in [0.15, 0.2) is 41.4 Å². The van der Waals surface area contributed by atoms with Crippen molar-refractivity contribution in [2.24, 2.45) is 0 Å². The lowest BCUT2D eigenvalue weighted by Crippen LogP contribution is -2.09. The van der Waals surface area contributed by atoms with Gasteiger partial charge in [-0.1, -0.05) is 11.6 Å². The van der Waals surface area contributed by atoms with Crippen molar-refractivity contribution in [3.05, 3.63) is 46.4 Å². The summed E-state index contributed by atoms with van der Waals surface area (Å²) in [6.45, 7) is 1.57. The molecule has 0 unspecified atom stereocenters. The van der Waals surface area contributed by atoms with Crippen LogP contribution in [0.1, 0.15) is 6.42 Å². The van der Waals surface area contributed by atoms with E-state index in [1.807, 2.05) is 29.0 Å². The van der Waals surface area contributed by atoms with Crippen molar-refractivity contribution in [2.45, 2.75) is 13.0 Å². The first-order valence-corrected chi connectivity index (χ1v) is 7.57. The predicted molar refractivity (Wildman–Crippen MR) is 86.8 cm³/mol. The standard InChI is InChI=1S/C12H12BrClN2O.C2H2O4/c13-11-8-10(14)2-3-12(11)17-7-1-5-16-6-4-15-9-16;3-1(4)2(5)6/h2-4,6,8-9H,1,5,7H2;(H,3,4)(H,5,6). The second-order valence-electron chi connectivity index (χ2n) is 4.19. The van der Waals surface area contributed by atoms with E-state index in [0.717, 1.165) is 23.2 Å². The van der Waals surface area contributed by atoms with E-state index in [1.165, 1.54) is 0 Å². The second kappa shape index (κ2) is 9.86. The summed E-state index contributed by atoms with van der Waals surface area (Å²) in [4.78, 5) is 22.2. The van der Waals surface area contributed by atoms with Gasteiger partial charge in [0.15, 0.2) is 0 Å². The van der Waals surface area contributed by atoms with Gasteiger partial charge in [-0.2, -0.15) is 0 Å². The summed E-state index contributed by atoms with van der Waals surface area (Å²) < 4.78 is 8.56. The van der Waals surface area contributed by atoms with Crippen molar-refractivity contribution in [3.8, 4) is 5.75 Å². The van der Waals surface area contributed by atoms with Crippen LogP contribution < -0.4 is 4.74 Å². The van der Waals surface area contributed by atoms with Crippen molar-refractivity contribution in [1.82, 2.24) is 9.55 Å². The van der Waals surface area contributed by atoms with Crippen LogP contribution >= 0.6 is 27.5 Å². The molecule has 1 heterocycles. The monoisotopic (exact) mass is 404 g/mol. The molecule has 0 aliphatic rings. The van der Waals surface area contributed by atoms with Gasteiger partial charge in [0.25, 0.3) is 0 Å². The van der Waals surface area contributed by atoms with Crippen LogP contribution in [0, 0.1) is 0 Å². The summed E-state index contributed by atoms with van der Waals surface area (Å²) in [5.41, 5.74) is 0. The van der Waals surface area contributed by atoms with Crippen LogP contribution in [0.3, 0.4) is 0 Å². The van der Waals surface area contributed by atoms with E-state index in [-0.39, 0.29) is 0 Å². The number of aromatic nitrogens is 2. The van der Waals surface area contributed by atoms with Gasteiger partial charge in [-0.05, 0) is 40.5 Å². The summed E-state index contributed by atoms with van der Waals surface area (Å²) in [5.74, 6) is -2.83. The Morgan fingerprint density at radius 2 is 2.00 bits per heavy atom. The number of halogens is 2. The van der Waals surface area contributed by atoms with Gasteiger partial charge in [-0.3, -0.25) is 0 Å². The Labute approximate surface area is 145 Å². The Balaban J connectivity index is 0.000000379. The molecule has 124 valence electrons. The van der Waals surface area contributed by atoms with Crippen molar-refractivity contribution in [1.29, 1.82) is 0 Å². The highest BCUT2D eigenvalue weighted by Crippen LogP contribution is 2.27. The van der Waals surface area contributed by atoms with Gasteiger partial charge in [0.2, 0.25) is 0 Å². The van der Waals surface area contributed by atoms with Crippen LogP contribution in [0.5, 0.6) is 5.75 Å². The lowest BCUT2D eigenvalue weighted by atomic mass is 10.3. The van der Waals surface area contributed by atoms with Crippen molar-refractivity contribution >= 4 is 39.5 Å². The summed E-state index contributed by atoms with van der Waals surface area (Å²) in [6, 6.07) is 5.51. The molecule has 0 atom stereocenters. The molecular weight excluding hydrogens is 392 g/mol. The number of carbonyl (C=O) groups is 2. The third-order valence-corrected chi connectivity index (χ3v) is 3.31. The number of aliphatic carboxylic acids is 2. The molecule has 0 aliphatic carbocycles. The second-order valence-corrected chi connectivity index (χ2v) is 5.48. The molecule has 2 aromatic rings. The molecule has 0 bridgehead atoms. The average molecular weight is 406 g/mol. The van der Waals surface area contributed by atoms with Crippen LogP contribution in [-0.2, 0) is 16.1 Å². The molecule has 0 spiro atoms. The molecule has 9 heteroatoms. The number of rotatable bonds is 5. The summed E-state index contributed by atoms with van der Waals surface area (Å²) in [5, 5.41) is 15.5. The lowest BCUT2D eigenvalue weighted by molar-refractivity contribution is -0.159. The average Bonchev–Trinajstić information content (AvgIpc) is 2.99. The van der Waals surface area contributed by atoms with E-state index in [1.54, 1.807) is 12.5 Å². The van der Waals surface area contributed by atoms with Crippen molar-refractivity contribution < 1.29 is 24.5 Å². The molecule has 2 N–H and O–H groups in total. The van der Waals surface area contributed by atoms with Gasteiger partial charge in [0, 0.05) is 24.0 Å². The van der Waals surface area contributed by atoms with Crippen LogP contribution in [-0.4, -0.2) is 38.3 Å². The molecular formula is C14H14BrClN2O5. The zero-order valence-electron chi connectivity index (χ0n) is 11.9. The Morgan fingerprint density at radius 1 is 1.30 bits per heavy atom. The SMILES string of the molecule is Clc1ccc(OCCCn2ccnc2)c(Br)c1.O=C(O)C(=O)O. The molecule has 0 aliphatic heterocycles. The molecule has 23 heavy (non-hydrogen) atoms. The maximum absolute atomic E-state index is 9.10. The number of imidazole rings is 1. The Bertz CT molecular complexity index is 637. The smallest absolute Gasteiger partial charge is 0.414 e. The number of ether oxygens (including phenoxy) is 1. The molecule has 0 saturated heterocycles. The van der Waals surface area contributed by atoms with Gasteiger partial charge >= 0.3 is 11.9 Å². The zero-order chi connectivity index (χ0) is 17.2. The first-order valence-electron chi connectivity index (χ1n) is 6.40. The highest BCUT2D eigenvalue weighted by Gasteiger charge is 2.04. The van der Waals surface area contributed by atoms with Gasteiger partial charge < -0.3 is 19.5 Å². The fourth-order valence-electron chi connectivity index (χ4n) is 1.44. The number of carboxylic acid groups (broad SMARTS) is 2. The number of carboxylic acids is 2. The van der Waals surface area contributed by atoms with Crippen LogP contribution in [0.25, 0.3) is 0 Å². The minimum atomic E-state index is -1.82. The van der Waals surface area contributed by atoms with Crippen LogP contribution in [0.4, 0.5) is 0 Å². The van der Waals surface area contributed by atoms with Crippen molar-refractivity contribution in [2.75, 3.05) is 6.61 Å². The predicted octanol–water partition coefficient (Wildman–Crippen LogP) is 2.92. The third-order valence-electron chi connectivity index (χ3n) is 2.45. The molecule has 0 radical (unpaired) electrons. The zero-order valence-corrected chi connectivity index (χ0v) is 14.2. The number of aryl methyl sites for hydroxylation is 1. The molecule has 1 aromatic carbocycles. The maximum Gasteiger partial charge on any atom is 0.414 e. The Morgan fingerprint density at radius 3 is 2.52 bits per heavy atom. The van der Waals surface area contributed by atoms with Gasteiger partial charge in [0.1, 0.15) is 5.75 Å². The van der Waals surface area contributed by atoms with E-state index in [4.69, 9.17) is 36.1 Å². The van der Waals surface area contributed by atoms with E-state index in [2.05, 4.69) is 20.9 Å². The molecule has 0 saturated carbocycles. The summed E-state index contributed by atoms with van der Waals surface area (Å²) in [7, 11) is 0. The van der Waals surface area contributed by atoms with E-state index in [9.17, 15) is 0 Å². The van der Waals surface area contributed by atoms with Gasteiger partial charge in [-0.25, -0.2) is 14.6 Å². The van der Waals surface area contributed by atoms with Gasteiger partial charge in [-0.15, -0.1) is 0 Å². The fourth-order valence-corrected chi connectivity index (χ4v) is 2.24. The highest BCUT2D eigenvalue weighted by molar-refractivity contribution is 9.10. The fraction of sp³-hybridized carbons (Fsp3) is 0.214. The number of nitrogens with zero attached hydrogens (tertiary/aromatic N) is 2. The molecule has 0 amide bonds. The minimum absolute atomic E-state index is 0.665. The quantitative estimate of drug-likeness (QED) is 0.586. The normalized spacial score (nSPS) is 9.65. The largest absolute Gasteiger partial charge is 0.492 e. The highest BCUT2D eigenvalue weighted by atomic mass is 79.9. The first kappa shape index (κ1) is 19.0. The van der Waals surface area contributed by atoms with Crippen molar-refractivity contribution in [3.63, 3.8) is 0 Å². The number of hydrogen-bond acceptors (Lipinski definition) is 4. The third kappa shape index (κ3) is 7.66.